The molecular formula is C10H19NO5. The van der Waals surface area contributed by atoms with Crippen molar-refractivity contribution in [3.8, 4) is 0 Å². The Bertz CT molecular complexity index is 274. The zero-order chi connectivity index (χ0) is 13.1. The van der Waals surface area contributed by atoms with E-state index in [0.29, 0.717) is 5.06 Å². The molecule has 0 fully saturated rings. The molecule has 0 saturated carbocycles. The molecule has 0 aliphatic carbocycles. The summed E-state index contributed by atoms with van der Waals surface area (Å²) in [5.41, 5.74) is -1.57. The third-order valence-corrected chi connectivity index (χ3v) is 1.34. The van der Waals surface area contributed by atoms with Gasteiger partial charge in [-0.1, -0.05) is 0 Å². The van der Waals surface area contributed by atoms with Gasteiger partial charge in [0.15, 0.2) is 0 Å². The van der Waals surface area contributed by atoms with Gasteiger partial charge in [0.2, 0.25) is 0 Å². The van der Waals surface area contributed by atoms with E-state index in [0.717, 1.165) is 0 Å². The lowest BCUT2D eigenvalue weighted by atomic mass is 10.1. The molecule has 0 unspecified atom stereocenters. The fraction of sp³-hybridized carbons (Fsp3) is 0.800. The van der Waals surface area contributed by atoms with Crippen LogP contribution in [0.5, 0.6) is 0 Å². The molecule has 0 heterocycles. The van der Waals surface area contributed by atoms with Gasteiger partial charge in [-0.15, -0.1) is 5.06 Å². The van der Waals surface area contributed by atoms with Gasteiger partial charge in [-0.05, 0) is 41.5 Å². The predicted molar refractivity (Wildman–Crippen MR) is 56.9 cm³/mol. The van der Waals surface area contributed by atoms with Crippen LogP contribution in [0.15, 0.2) is 0 Å². The van der Waals surface area contributed by atoms with Crippen molar-refractivity contribution in [3.63, 3.8) is 0 Å². The fourth-order valence-corrected chi connectivity index (χ4v) is 0.806. The lowest BCUT2D eigenvalue weighted by Gasteiger charge is -2.31. The maximum Gasteiger partial charge on any atom is 0.534 e. The second-order valence-corrected chi connectivity index (χ2v) is 5.30. The highest BCUT2D eigenvalue weighted by Crippen LogP contribution is 2.16. The molecular weight excluding hydrogens is 214 g/mol. The minimum absolute atomic E-state index is 0.557. The van der Waals surface area contributed by atoms with Crippen LogP contribution in [-0.4, -0.2) is 33.6 Å². The van der Waals surface area contributed by atoms with Gasteiger partial charge in [-0.2, -0.15) is 0 Å². The normalized spacial score (nSPS) is 11.9. The average molecular weight is 233 g/mol. The highest BCUT2D eigenvalue weighted by atomic mass is 16.8. The molecule has 0 aliphatic heterocycles. The number of nitrogens with zero attached hydrogens (tertiary/aromatic N) is 1. The van der Waals surface area contributed by atoms with Crippen LogP contribution in [-0.2, 0) is 9.57 Å². The zero-order valence-corrected chi connectivity index (χ0v) is 10.5. The first kappa shape index (κ1) is 14.5. The van der Waals surface area contributed by atoms with E-state index in [1.54, 1.807) is 41.5 Å². The third kappa shape index (κ3) is 5.43. The Balaban J connectivity index is 4.56. The second kappa shape index (κ2) is 4.59. The van der Waals surface area contributed by atoms with Crippen molar-refractivity contribution in [2.45, 2.75) is 52.7 Å². The van der Waals surface area contributed by atoms with Crippen molar-refractivity contribution in [1.29, 1.82) is 0 Å². The Morgan fingerprint density at radius 2 is 1.50 bits per heavy atom. The van der Waals surface area contributed by atoms with Crippen LogP contribution in [0.3, 0.4) is 0 Å². The van der Waals surface area contributed by atoms with Crippen molar-refractivity contribution >= 4 is 12.2 Å². The topological polar surface area (TPSA) is 76.1 Å². The number of carbonyl (C=O) groups excluding carboxylic acids is 1. The van der Waals surface area contributed by atoms with Crippen molar-refractivity contribution < 1.29 is 24.3 Å². The van der Waals surface area contributed by atoms with Crippen molar-refractivity contribution in [2.24, 2.45) is 0 Å². The molecule has 0 aromatic carbocycles. The summed E-state index contributed by atoms with van der Waals surface area (Å²) in [5, 5.41) is 9.41. The molecule has 6 nitrogen and oxygen atoms in total. The third-order valence-electron chi connectivity index (χ3n) is 1.34. The largest absolute Gasteiger partial charge is 0.534 e. The van der Waals surface area contributed by atoms with E-state index in [1.165, 1.54) is 0 Å². The number of hydrogen-bond acceptors (Lipinski definition) is 4. The smallest absolute Gasteiger partial charge is 0.463 e. The Labute approximate surface area is 95.1 Å². The summed E-state index contributed by atoms with van der Waals surface area (Å²) in [6.07, 6.45) is -2.39. The SMILES string of the molecule is CC(C)(C)OC(=O)ON(C(=O)O)C(C)(C)C. The summed E-state index contributed by atoms with van der Waals surface area (Å²) in [4.78, 5) is 26.7. The van der Waals surface area contributed by atoms with E-state index < -0.39 is 23.4 Å². The molecule has 0 radical (unpaired) electrons. The van der Waals surface area contributed by atoms with Gasteiger partial charge in [0, 0.05) is 0 Å². The summed E-state index contributed by atoms with van der Waals surface area (Å²) < 4.78 is 4.85. The first-order valence-electron chi connectivity index (χ1n) is 4.87. The molecule has 0 aromatic heterocycles. The van der Waals surface area contributed by atoms with Crippen LogP contribution < -0.4 is 0 Å². The lowest BCUT2D eigenvalue weighted by molar-refractivity contribution is -0.160. The van der Waals surface area contributed by atoms with Crippen LogP contribution >= 0.6 is 0 Å². The van der Waals surface area contributed by atoms with E-state index >= 15 is 0 Å². The number of ether oxygens (including phenoxy) is 1. The zero-order valence-electron chi connectivity index (χ0n) is 10.5. The molecule has 0 rings (SSSR count). The standard InChI is InChI=1S/C10H19NO5/c1-9(2,3)11(7(12)13)16-8(14)15-10(4,5)6/h1-6H3,(H,12,13). The van der Waals surface area contributed by atoms with E-state index in [4.69, 9.17) is 9.84 Å². The molecule has 6 heteroatoms. The molecule has 0 saturated heterocycles. The molecule has 0 atom stereocenters. The number of hydrogen-bond donors (Lipinski definition) is 1. The molecule has 1 amide bonds. The molecule has 0 aliphatic rings. The molecule has 1 N–H and O–H groups in total. The van der Waals surface area contributed by atoms with Crippen LogP contribution in [0, 0.1) is 0 Å². The van der Waals surface area contributed by atoms with Gasteiger partial charge in [0.05, 0.1) is 5.54 Å². The highest BCUT2D eigenvalue weighted by molar-refractivity contribution is 5.68. The molecule has 0 aromatic rings. The number of amides is 1. The fourth-order valence-electron chi connectivity index (χ4n) is 0.806. The minimum atomic E-state index is -1.35. The number of hydroxylamine groups is 2. The average Bonchev–Trinajstić information content (AvgIpc) is 1.93. The van der Waals surface area contributed by atoms with Gasteiger partial charge in [-0.25, -0.2) is 9.59 Å². The molecule has 0 spiro atoms. The summed E-state index contributed by atoms with van der Waals surface area (Å²) >= 11 is 0. The van der Waals surface area contributed by atoms with Gasteiger partial charge in [0.25, 0.3) is 0 Å². The molecule has 0 bridgehead atoms. The number of carbonyl (C=O) groups is 2. The maximum absolute atomic E-state index is 11.3. The van der Waals surface area contributed by atoms with Gasteiger partial charge in [0.1, 0.15) is 5.60 Å². The Morgan fingerprint density at radius 3 is 1.75 bits per heavy atom. The van der Waals surface area contributed by atoms with E-state index in [2.05, 4.69) is 4.84 Å². The number of carboxylic acid groups (broad SMARTS) is 1. The summed E-state index contributed by atoms with van der Waals surface area (Å²) in [7, 11) is 0. The highest BCUT2D eigenvalue weighted by Gasteiger charge is 2.32. The van der Waals surface area contributed by atoms with Crippen molar-refractivity contribution in [2.75, 3.05) is 0 Å². The molecule has 16 heavy (non-hydrogen) atoms. The van der Waals surface area contributed by atoms with Crippen molar-refractivity contribution in [3.05, 3.63) is 0 Å². The van der Waals surface area contributed by atoms with Crippen LogP contribution in [0.25, 0.3) is 0 Å². The Kier molecular flexibility index (Phi) is 4.17. The monoisotopic (exact) mass is 233 g/mol. The van der Waals surface area contributed by atoms with Crippen LogP contribution in [0.4, 0.5) is 9.59 Å². The lowest BCUT2D eigenvalue weighted by Crippen LogP contribution is -2.46. The Morgan fingerprint density at radius 1 is 1.06 bits per heavy atom. The minimum Gasteiger partial charge on any atom is -0.463 e. The predicted octanol–water partition coefficient (Wildman–Crippen LogP) is 2.63. The van der Waals surface area contributed by atoms with Crippen LogP contribution in [0.2, 0.25) is 0 Å². The Hall–Kier alpha value is -1.46. The second-order valence-electron chi connectivity index (χ2n) is 5.30. The quantitative estimate of drug-likeness (QED) is 0.514. The summed E-state index contributed by atoms with van der Waals surface area (Å²) in [6.45, 7) is 9.80. The van der Waals surface area contributed by atoms with Gasteiger partial charge in [-0.3, -0.25) is 4.84 Å². The summed E-state index contributed by atoms with van der Waals surface area (Å²) in [6, 6.07) is 0. The first-order valence-corrected chi connectivity index (χ1v) is 4.87. The van der Waals surface area contributed by atoms with Crippen molar-refractivity contribution in [1.82, 2.24) is 5.06 Å². The number of rotatable bonds is 0. The van der Waals surface area contributed by atoms with E-state index in [-0.39, 0.29) is 0 Å². The first-order chi connectivity index (χ1) is 6.93. The van der Waals surface area contributed by atoms with E-state index in [9.17, 15) is 9.59 Å². The molecule has 94 valence electrons. The maximum atomic E-state index is 11.3. The van der Waals surface area contributed by atoms with Gasteiger partial charge >= 0.3 is 12.2 Å². The van der Waals surface area contributed by atoms with E-state index in [1.807, 2.05) is 0 Å². The summed E-state index contributed by atoms with van der Waals surface area (Å²) in [5.74, 6) is 0. The van der Waals surface area contributed by atoms with Gasteiger partial charge < -0.3 is 9.84 Å². The van der Waals surface area contributed by atoms with Crippen LogP contribution in [0.1, 0.15) is 41.5 Å².